The maximum atomic E-state index is 13.1. The van der Waals surface area contributed by atoms with E-state index in [0.29, 0.717) is 23.2 Å². The predicted molar refractivity (Wildman–Crippen MR) is 72.8 cm³/mol. The van der Waals surface area contributed by atoms with Crippen LogP contribution in [-0.2, 0) is 12.8 Å². The first-order valence-electron chi connectivity index (χ1n) is 7.16. The monoisotopic (exact) mass is 293 g/mol. The Morgan fingerprint density at radius 3 is 2.76 bits per heavy atom. The first-order valence-corrected chi connectivity index (χ1v) is 7.16. The Hall–Kier alpha value is -1.82. The second-order valence-electron chi connectivity index (χ2n) is 5.48. The van der Waals surface area contributed by atoms with E-state index in [1.54, 1.807) is 0 Å². The fraction of sp³-hybridized carbons (Fsp3) is 0.467. The molecular weight excluding hydrogens is 276 g/mol. The second kappa shape index (κ2) is 6.30. The van der Waals surface area contributed by atoms with Crippen LogP contribution in [0.15, 0.2) is 22.7 Å². The highest BCUT2D eigenvalue weighted by Gasteiger charge is 2.17. The fourth-order valence-corrected chi connectivity index (χ4v) is 2.69. The van der Waals surface area contributed by atoms with Crippen LogP contribution in [0.3, 0.4) is 0 Å². The predicted octanol–water partition coefficient (Wildman–Crippen LogP) is 2.48. The van der Waals surface area contributed by atoms with Crippen molar-refractivity contribution in [3.8, 4) is 0 Å². The number of aromatic nitrogens is 2. The van der Waals surface area contributed by atoms with Gasteiger partial charge in [-0.2, -0.15) is 4.98 Å². The number of halogens is 2. The first-order chi connectivity index (χ1) is 10.2. The molecule has 3 rings (SSSR count). The minimum Gasteiger partial charge on any atom is -0.339 e. The molecule has 6 heteroatoms. The van der Waals surface area contributed by atoms with E-state index >= 15 is 0 Å². The molecule has 1 aliphatic heterocycles. The van der Waals surface area contributed by atoms with Crippen LogP contribution >= 0.6 is 0 Å². The van der Waals surface area contributed by atoms with E-state index in [-0.39, 0.29) is 6.42 Å². The number of piperidine rings is 1. The molecule has 0 bridgehead atoms. The Kier molecular flexibility index (Phi) is 4.24. The summed E-state index contributed by atoms with van der Waals surface area (Å²) in [6, 6.07) is 3.41. The van der Waals surface area contributed by atoms with Crippen molar-refractivity contribution in [3.63, 3.8) is 0 Å². The van der Waals surface area contributed by atoms with Gasteiger partial charge in [-0.05, 0) is 49.5 Å². The second-order valence-corrected chi connectivity index (χ2v) is 5.48. The van der Waals surface area contributed by atoms with Gasteiger partial charge in [0.25, 0.3) is 0 Å². The zero-order valence-electron chi connectivity index (χ0n) is 11.6. The molecule has 1 aliphatic rings. The highest BCUT2D eigenvalue weighted by atomic mass is 19.1. The first kappa shape index (κ1) is 14.1. The van der Waals surface area contributed by atoms with E-state index in [1.807, 2.05) is 0 Å². The summed E-state index contributed by atoms with van der Waals surface area (Å²) in [5, 5.41) is 7.23. The summed E-state index contributed by atoms with van der Waals surface area (Å²) in [6.07, 6.45) is 3.33. The zero-order chi connectivity index (χ0) is 14.7. The van der Waals surface area contributed by atoms with Crippen LogP contribution in [0.2, 0.25) is 0 Å². The Bertz CT molecular complexity index is 588. The number of nitrogens with zero attached hydrogens (tertiary/aromatic N) is 2. The molecule has 0 amide bonds. The number of nitrogens with one attached hydrogen (secondary N) is 1. The molecule has 2 heterocycles. The Balaban J connectivity index is 1.64. The lowest BCUT2D eigenvalue weighted by molar-refractivity contribution is 0.314. The van der Waals surface area contributed by atoms with Gasteiger partial charge < -0.3 is 9.84 Å². The molecule has 21 heavy (non-hydrogen) atoms. The van der Waals surface area contributed by atoms with Crippen molar-refractivity contribution in [2.24, 2.45) is 5.92 Å². The molecule has 1 N–H and O–H groups in total. The van der Waals surface area contributed by atoms with Crippen LogP contribution in [0.5, 0.6) is 0 Å². The summed E-state index contributed by atoms with van der Waals surface area (Å²) in [5.74, 6) is 0.372. The molecule has 1 fully saturated rings. The van der Waals surface area contributed by atoms with E-state index in [4.69, 9.17) is 4.52 Å². The summed E-state index contributed by atoms with van der Waals surface area (Å²) in [5.41, 5.74) is 0.499. The fourth-order valence-electron chi connectivity index (χ4n) is 2.69. The van der Waals surface area contributed by atoms with E-state index in [1.165, 1.54) is 12.1 Å². The van der Waals surface area contributed by atoms with Gasteiger partial charge in [-0.25, -0.2) is 8.78 Å². The van der Waals surface area contributed by atoms with Gasteiger partial charge in [0.1, 0.15) is 11.6 Å². The summed E-state index contributed by atoms with van der Waals surface area (Å²) >= 11 is 0. The maximum Gasteiger partial charge on any atom is 0.226 e. The highest BCUT2D eigenvalue weighted by Crippen LogP contribution is 2.16. The highest BCUT2D eigenvalue weighted by molar-refractivity contribution is 5.21. The summed E-state index contributed by atoms with van der Waals surface area (Å²) in [4.78, 5) is 4.31. The van der Waals surface area contributed by atoms with E-state index in [9.17, 15) is 8.78 Å². The Morgan fingerprint density at radius 1 is 1.24 bits per heavy atom. The van der Waals surface area contributed by atoms with Crippen LogP contribution in [0.1, 0.15) is 30.1 Å². The standard InChI is InChI=1S/C15H17F2N3O/c16-12-4-11(5-13(17)8-12)6-14-19-15(21-20-14)7-10-2-1-3-18-9-10/h4-5,8,10,18H,1-3,6-7,9H2. The summed E-state index contributed by atoms with van der Waals surface area (Å²) in [7, 11) is 0. The molecule has 112 valence electrons. The van der Waals surface area contributed by atoms with Crippen molar-refractivity contribution in [2.75, 3.05) is 13.1 Å². The number of benzene rings is 1. The summed E-state index contributed by atoms with van der Waals surface area (Å²) < 4.78 is 31.5. The third-order valence-corrected chi connectivity index (χ3v) is 3.66. The van der Waals surface area contributed by atoms with Crippen molar-refractivity contribution < 1.29 is 13.3 Å². The van der Waals surface area contributed by atoms with Crippen LogP contribution in [0, 0.1) is 17.6 Å². The van der Waals surface area contributed by atoms with Gasteiger partial charge in [0.2, 0.25) is 5.89 Å². The molecule has 1 aromatic heterocycles. The number of rotatable bonds is 4. The van der Waals surface area contributed by atoms with Gasteiger partial charge in [0.05, 0.1) is 0 Å². The molecule has 1 atom stereocenters. The smallest absolute Gasteiger partial charge is 0.226 e. The lowest BCUT2D eigenvalue weighted by Gasteiger charge is -2.20. The maximum absolute atomic E-state index is 13.1. The largest absolute Gasteiger partial charge is 0.339 e. The zero-order valence-corrected chi connectivity index (χ0v) is 11.6. The van der Waals surface area contributed by atoms with Crippen LogP contribution in [-0.4, -0.2) is 23.2 Å². The quantitative estimate of drug-likeness (QED) is 0.941. The van der Waals surface area contributed by atoms with Gasteiger partial charge >= 0.3 is 0 Å². The van der Waals surface area contributed by atoms with Crippen molar-refractivity contribution in [2.45, 2.75) is 25.7 Å². The third kappa shape index (κ3) is 3.85. The van der Waals surface area contributed by atoms with E-state index in [2.05, 4.69) is 15.5 Å². The average Bonchev–Trinajstić information content (AvgIpc) is 2.86. The number of hydrogen-bond donors (Lipinski definition) is 1. The van der Waals surface area contributed by atoms with Crippen molar-refractivity contribution in [3.05, 3.63) is 47.1 Å². The molecule has 4 nitrogen and oxygen atoms in total. The minimum absolute atomic E-state index is 0.265. The molecule has 1 saturated heterocycles. The lowest BCUT2D eigenvalue weighted by Crippen LogP contribution is -2.30. The molecule has 0 spiro atoms. The molecule has 1 aromatic carbocycles. The molecule has 0 radical (unpaired) electrons. The normalized spacial score (nSPS) is 18.9. The van der Waals surface area contributed by atoms with Gasteiger partial charge in [-0.3, -0.25) is 0 Å². The average molecular weight is 293 g/mol. The minimum atomic E-state index is -0.595. The van der Waals surface area contributed by atoms with Crippen LogP contribution in [0.4, 0.5) is 8.78 Å². The van der Waals surface area contributed by atoms with Crippen molar-refractivity contribution >= 4 is 0 Å². The van der Waals surface area contributed by atoms with E-state index in [0.717, 1.165) is 38.4 Å². The van der Waals surface area contributed by atoms with Gasteiger partial charge in [0, 0.05) is 18.9 Å². The van der Waals surface area contributed by atoms with Gasteiger partial charge in [-0.1, -0.05) is 5.16 Å². The SMILES string of the molecule is Fc1cc(F)cc(Cc2noc(CC3CCCNC3)n2)c1. The molecule has 0 saturated carbocycles. The van der Waals surface area contributed by atoms with Crippen LogP contribution in [0.25, 0.3) is 0 Å². The van der Waals surface area contributed by atoms with Crippen molar-refractivity contribution in [1.29, 1.82) is 0 Å². The lowest BCUT2D eigenvalue weighted by atomic mass is 9.96. The van der Waals surface area contributed by atoms with E-state index < -0.39 is 11.6 Å². The third-order valence-electron chi connectivity index (χ3n) is 3.66. The molecule has 0 aliphatic carbocycles. The topological polar surface area (TPSA) is 51.0 Å². The van der Waals surface area contributed by atoms with Crippen LogP contribution < -0.4 is 5.32 Å². The summed E-state index contributed by atoms with van der Waals surface area (Å²) in [6.45, 7) is 2.03. The molecule has 2 aromatic rings. The molecular formula is C15H17F2N3O. The van der Waals surface area contributed by atoms with Crippen molar-refractivity contribution in [1.82, 2.24) is 15.5 Å². The Morgan fingerprint density at radius 2 is 2.05 bits per heavy atom. The number of hydrogen-bond acceptors (Lipinski definition) is 4. The molecule has 1 unspecified atom stereocenters. The van der Waals surface area contributed by atoms with Gasteiger partial charge in [0.15, 0.2) is 5.82 Å². The van der Waals surface area contributed by atoms with Gasteiger partial charge in [-0.15, -0.1) is 0 Å². The Labute approximate surface area is 121 Å².